The molecule has 72 valence electrons. The molecule has 14 heavy (non-hydrogen) atoms. The Hall–Kier alpha value is -1.38. The second-order valence-corrected chi connectivity index (χ2v) is 3.42. The smallest absolute Gasteiger partial charge is 0.122 e. The van der Waals surface area contributed by atoms with Gasteiger partial charge in [0.1, 0.15) is 6.04 Å². The Labute approximate surface area is 90.4 Å². The molecule has 0 saturated heterocycles. The van der Waals surface area contributed by atoms with Gasteiger partial charge in [0.25, 0.3) is 0 Å². The summed E-state index contributed by atoms with van der Waals surface area (Å²) in [5, 5.41) is 8.67. The van der Waals surface area contributed by atoms with Gasteiger partial charge in [-0.05, 0) is 28.1 Å². The lowest BCUT2D eigenvalue weighted by atomic mass is 10.1. The van der Waals surface area contributed by atoms with Crippen molar-refractivity contribution in [1.82, 2.24) is 4.98 Å². The predicted molar refractivity (Wildman–Crippen MR) is 57.7 cm³/mol. The maximum absolute atomic E-state index is 8.67. The van der Waals surface area contributed by atoms with Crippen LogP contribution in [0.5, 0.6) is 0 Å². The first-order chi connectivity index (χ1) is 6.70. The van der Waals surface area contributed by atoms with Gasteiger partial charge in [0.05, 0.1) is 11.8 Å². The number of nitrogens with zero attached hydrogens (tertiary/aromatic N) is 2. The van der Waals surface area contributed by atoms with Crippen molar-refractivity contribution in [3.63, 3.8) is 0 Å². The average molecular weight is 253 g/mol. The molecule has 4 N–H and O–H groups in total. The second kappa shape index (κ2) is 4.74. The van der Waals surface area contributed by atoms with E-state index in [4.69, 9.17) is 16.7 Å². The van der Waals surface area contributed by atoms with Crippen molar-refractivity contribution >= 4 is 21.5 Å². The first kappa shape index (κ1) is 10.7. The number of rotatable bonds is 2. The third-order valence-electron chi connectivity index (χ3n) is 1.69. The zero-order valence-corrected chi connectivity index (χ0v) is 8.90. The molecule has 0 saturated carbocycles. The van der Waals surface area contributed by atoms with Crippen molar-refractivity contribution in [2.45, 2.75) is 6.04 Å². The summed E-state index contributed by atoms with van der Waals surface area (Å²) in [5.74, 6) is 0. The molecule has 1 aromatic heterocycles. The molecule has 1 rings (SSSR count). The van der Waals surface area contributed by atoms with Gasteiger partial charge in [0.15, 0.2) is 0 Å². The third-order valence-corrected chi connectivity index (χ3v) is 2.33. The highest BCUT2D eigenvalue weighted by atomic mass is 79.9. The molecule has 0 spiro atoms. The Morgan fingerprint density at radius 1 is 1.71 bits per heavy atom. The molecule has 0 aliphatic heterocycles. The summed E-state index contributed by atoms with van der Waals surface area (Å²) >= 11 is 3.31. The lowest BCUT2D eigenvalue weighted by molar-refractivity contribution is 1.03. The van der Waals surface area contributed by atoms with E-state index in [9.17, 15) is 0 Å². The van der Waals surface area contributed by atoms with E-state index >= 15 is 0 Å². The molecular formula is C9H9BrN4. The number of hydrogen-bond acceptors (Lipinski definition) is 4. The van der Waals surface area contributed by atoms with Crippen LogP contribution in [-0.2, 0) is 0 Å². The summed E-state index contributed by atoms with van der Waals surface area (Å²) in [5.41, 5.74) is 12.1. The Morgan fingerprint density at radius 3 is 2.93 bits per heavy atom. The van der Waals surface area contributed by atoms with Gasteiger partial charge in [0.2, 0.25) is 0 Å². The largest absolute Gasteiger partial charge is 0.404 e. The van der Waals surface area contributed by atoms with Gasteiger partial charge in [-0.25, -0.2) is 0 Å². The quantitative estimate of drug-likeness (QED) is 0.822. The average Bonchev–Trinajstić information content (AvgIpc) is 2.21. The topological polar surface area (TPSA) is 88.7 Å². The van der Waals surface area contributed by atoms with E-state index in [1.807, 2.05) is 12.1 Å². The van der Waals surface area contributed by atoms with Crippen LogP contribution in [0.25, 0.3) is 5.57 Å². The number of halogens is 1. The summed E-state index contributed by atoms with van der Waals surface area (Å²) in [6.07, 6.45) is 2.93. The van der Waals surface area contributed by atoms with Crippen LogP contribution in [0.15, 0.2) is 29.0 Å². The molecule has 4 nitrogen and oxygen atoms in total. The van der Waals surface area contributed by atoms with Gasteiger partial charge in [-0.1, -0.05) is 0 Å². The van der Waals surface area contributed by atoms with Gasteiger partial charge < -0.3 is 11.5 Å². The summed E-state index contributed by atoms with van der Waals surface area (Å²) in [6.45, 7) is 0. The zero-order valence-electron chi connectivity index (χ0n) is 7.31. The fraction of sp³-hybridized carbons (Fsp3) is 0.111. The van der Waals surface area contributed by atoms with Crippen LogP contribution in [0, 0.1) is 11.3 Å². The van der Waals surface area contributed by atoms with Crippen molar-refractivity contribution in [3.8, 4) is 6.07 Å². The third kappa shape index (κ3) is 2.10. The summed E-state index contributed by atoms with van der Waals surface area (Å²) < 4.78 is 0.766. The minimum absolute atomic E-state index is 0.514. The SMILES string of the molecule is N#CC(N)/C(=C/N)c1ncccc1Br. The molecule has 0 radical (unpaired) electrons. The predicted octanol–water partition coefficient (Wildman–Crippen LogP) is 0.995. The van der Waals surface area contributed by atoms with Crippen LogP contribution in [0.2, 0.25) is 0 Å². The van der Waals surface area contributed by atoms with Crippen molar-refractivity contribution in [2.24, 2.45) is 11.5 Å². The van der Waals surface area contributed by atoms with Gasteiger partial charge in [-0.3, -0.25) is 4.98 Å². The zero-order chi connectivity index (χ0) is 10.6. The van der Waals surface area contributed by atoms with Gasteiger partial charge in [-0.2, -0.15) is 5.26 Å². The fourth-order valence-corrected chi connectivity index (χ4v) is 1.48. The van der Waals surface area contributed by atoms with Crippen LogP contribution >= 0.6 is 15.9 Å². The Kier molecular flexibility index (Phi) is 3.63. The number of nitrogens with two attached hydrogens (primary N) is 2. The van der Waals surface area contributed by atoms with E-state index in [1.165, 1.54) is 6.20 Å². The monoisotopic (exact) mass is 252 g/mol. The fourth-order valence-electron chi connectivity index (χ4n) is 0.998. The maximum atomic E-state index is 8.67. The van der Waals surface area contributed by atoms with E-state index in [0.29, 0.717) is 11.3 Å². The van der Waals surface area contributed by atoms with Gasteiger partial charge >= 0.3 is 0 Å². The molecule has 0 aliphatic carbocycles. The number of hydrogen-bond donors (Lipinski definition) is 2. The number of nitriles is 1. The van der Waals surface area contributed by atoms with Gasteiger partial charge in [0, 0.05) is 22.4 Å². The Balaban J connectivity index is 3.16. The van der Waals surface area contributed by atoms with E-state index in [-0.39, 0.29) is 0 Å². The molecule has 0 amide bonds. The van der Waals surface area contributed by atoms with E-state index in [1.54, 1.807) is 12.3 Å². The minimum atomic E-state index is -0.758. The highest BCUT2D eigenvalue weighted by Crippen LogP contribution is 2.22. The Bertz CT molecular complexity index is 394. The molecule has 5 heteroatoms. The second-order valence-electron chi connectivity index (χ2n) is 2.56. The van der Waals surface area contributed by atoms with Crippen molar-refractivity contribution < 1.29 is 0 Å². The molecule has 0 bridgehead atoms. The maximum Gasteiger partial charge on any atom is 0.122 e. The molecule has 1 aromatic rings. The first-order valence-corrected chi connectivity index (χ1v) is 4.68. The summed E-state index contributed by atoms with van der Waals surface area (Å²) in [4.78, 5) is 4.09. The van der Waals surface area contributed by atoms with Crippen LogP contribution in [0.4, 0.5) is 0 Å². The first-order valence-electron chi connectivity index (χ1n) is 3.88. The van der Waals surface area contributed by atoms with E-state index in [0.717, 1.165) is 4.47 Å². The van der Waals surface area contributed by atoms with E-state index < -0.39 is 6.04 Å². The minimum Gasteiger partial charge on any atom is -0.404 e. The number of pyridine rings is 1. The highest BCUT2D eigenvalue weighted by molar-refractivity contribution is 9.10. The van der Waals surface area contributed by atoms with Crippen molar-refractivity contribution in [1.29, 1.82) is 5.26 Å². The summed E-state index contributed by atoms with van der Waals surface area (Å²) in [7, 11) is 0. The Morgan fingerprint density at radius 2 is 2.43 bits per heavy atom. The van der Waals surface area contributed by atoms with Crippen LogP contribution in [0.3, 0.4) is 0 Å². The normalized spacial score (nSPS) is 13.4. The van der Waals surface area contributed by atoms with Crippen LogP contribution in [0.1, 0.15) is 5.69 Å². The lowest BCUT2D eigenvalue weighted by Gasteiger charge is -2.08. The van der Waals surface area contributed by atoms with Crippen molar-refractivity contribution in [3.05, 3.63) is 34.7 Å². The molecule has 1 unspecified atom stereocenters. The van der Waals surface area contributed by atoms with Crippen molar-refractivity contribution in [2.75, 3.05) is 0 Å². The molecular weight excluding hydrogens is 244 g/mol. The highest BCUT2D eigenvalue weighted by Gasteiger charge is 2.13. The van der Waals surface area contributed by atoms with Gasteiger partial charge in [-0.15, -0.1) is 0 Å². The molecule has 1 heterocycles. The summed E-state index contributed by atoms with van der Waals surface area (Å²) in [6, 6.07) is 4.74. The lowest BCUT2D eigenvalue weighted by Crippen LogP contribution is -2.21. The number of aromatic nitrogens is 1. The molecule has 0 fully saturated rings. The molecule has 0 aliphatic rings. The van der Waals surface area contributed by atoms with Crippen LogP contribution in [-0.4, -0.2) is 11.0 Å². The molecule has 1 atom stereocenters. The van der Waals surface area contributed by atoms with Crippen LogP contribution < -0.4 is 11.5 Å². The standard InChI is InChI=1S/C9H9BrN4/c10-7-2-1-3-14-9(7)6(4-11)8(13)5-12/h1-4,8H,11,13H2/b6-4-. The molecule has 0 aromatic carbocycles. The van der Waals surface area contributed by atoms with E-state index in [2.05, 4.69) is 20.9 Å².